The Morgan fingerprint density at radius 2 is 2.24 bits per heavy atom. The van der Waals surface area contributed by atoms with Crippen LogP contribution in [0.4, 0.5) is 0 Å². The predicted molar refractivity (Wildman–Crippen MR) is 102 cm³/mol. The summed E-state index contributed by atoms with van der Waals surface area (Å²) in [7, 11) is 1.77. The Balaban J connectivity index is 1.70. The molecule has 0 atom stereocenters. The number of ether oxygens (including phenoxy) is 1. The van der Waals surface area contributed by atoms with Crippen molar-refractivity contribution in [1.29, 1.82) is 0 Å². The van der Waals surface area contributed by atoms with Crippen LogP contribution in [0, 0.1) is 0 Å². The van der Waals surface area contributed by atoms with Crippen LogP contribution in [0.1, 0.15) is 38.4 Å². The fraction of sp³-hybridized carbons (Fsp3) is 0.737. The maximum absolute atomic E-state index is 5.38. The van der Waals surface area contributed by atoms with E-state index in [1.54, 1.807) is 13.4 Å². The maximum atomic E-state index is 5.38. The molecular weight excluding hydrogens is 316 g/mol. The number of likely N-dealkylation sites (tertiary alicyclic amines) is 1. The molecule has 0 amide bonds. The molecule has 0 bridgehead atoms. The van der Waals surface area contributed by atoms with Gasteiger partial charge in [-0.05, 0) is 37.8 Å². The number of methoxy groups -OCH3 is 1. The van der Waals surface area contributed by atoms with Gasteiger partial charge in [0.1, 0.15) is 5.76 Å². The van der Waals surface area contributed by atoms with E-state index in [4.69, 9.17) is 9.15 Å². The Labute approximate surface area is 152 Å². The van der Waals surface area contributed by atoms with E-state index in [0.717, 1.165) is 83.2 Å². The lowest BCUT2D eigenvalue weighted by molar-refractivity contribution is 0.155. The standard InChI is InChI=1S/C19H34N4O2/c1-3-10-20-19(21-11-7-18-6-4-16-25-18)22-17-8-13-23(14-9-17)12-5-15-24-2/h4,6,16-17H,3,5,7-15H2,1-2H3,(H2,20,21,22). The second-order valence-electron chi connectivity index (χ2n) is 6.59. The van der Waals surface area contributed by atoms with Gasteiger partial charge in [-0.2, -0.15) is 0 Å². The topological polar surface area (TPSA) is 62.0 Å². The Morgan fingerprint density at radius 1 is 1.40 bits per heavy atom. The van der Waals surface area contributed by atoms with Crippen molar-refractivity contribution in [2.75, 3.05) is 46.4 Å². The predicted octanol–water partition coefficient (Wildman–Crippen LogP) is 2.27. The first-order valence-electron chi connectivity index (χ1n) is 9.60. The summed E-state index contributed by atoms with van der Waals surface area (Å²) in [5.41, 5.74) is 0. The molecule has 2 rings (SSSR count). The number of guanidine groups is 1. The number of nitrogens with one attached hydrogen (secondary N) is 2. The van der Waals surface area contributed by atoms with Crippen LogP contribution in [0.5, 0.6) is 0 Å². The summed E-state index contributed by atoms with van der Waals surface area (Å²) < 4.78 is 10.5. The highest BCUT2D eigenvalue weighted by molar-refractivity contribution is 5.80. The lowest BCUT2D eigenvalue weighted by Crippen LogP contribution is -2.49. The normalized spacial score (nSPS) is 17.0. The first-order chi connectivity index (χ1) is 12.3. The van der Waals surface area contributed by atoms with E-state index in [9.17, 15) is 0 Å². The first kappa shape index (κ1) is 19.8. The second kappa shape index (κ2) is 11.9. The van der Waals surface area contributed by atoms with Crippen molar-refractivity contribution in [3.8, 4) is 0 Å². The zero-order valence-electron chi connectivity index (χ0n) is 15.8. The van der Waals surface area contributed by atoms with Gasteiger partial charge in [0, 0.05) is 58.9 Å². The van der Waals surface area contributed by atoms with Gasteiger partial charge >= 0.3 is 0 Å². The Hall–Kier alpha value is -1.53. The summed E-state index contributed by atoms with van der Waals surface area (Å²) in [6.07, 6.45) is 7.10. The monoisotopic (exact) mass is 350 g/mol. The molecule has 1 fully saturated rings. The van der Waals surface area contributed by atoms with Crippen molar-refractivity contribution in [3.05, 3.63) is 24.2 Å². The maximum Gasteiger partial charge on any atom is 0.191 e. The van der Waals surface area contributed by atoms with Crippen LogP contribution in [-0.2, 0) is 11.2 Å². The molecule has 142 valence electrons. The van der Waals surface area contributed by atoms with Gasteiger partial charge in [-0.25, -0.2) is 0 Å². The third kappa shape index (κ3) is 7.92. The second-order valence-corrected chi connectivity index (χ2v) is 6.59. The quantitative estimate of drug-likeness (QED) is 0.385. The molecule has 25 heavy (non-hydrogen) atoms. The van der Waals surface area contributed by atoms with Crippen molar-refractivity contribution in [2.24, 2.45) is 4.99 Å². The lowest BCUT2D eigenvalue weighted by atomic mass is 10.1. The molecule has 6 nitrogen and oxygen atoms in total. The number of furan rings is 1. The Bertz CT molecular complexity index is 468. The van der Waals surface area contributed by atoms with E-state index < -0.39 is 0 Å². The van der Waals surface area contributed by atoms with Crippen molar-refractivity contribution >= 4 is 5.96 Å². The van der Waals surface area contributed by atoms with Gasteiger partial charge in [0.05, 0.1) is 6.26 Å². The molecule has 1 saturated heterocycles. The largest absolute Gasteiger partial charge is 0.469 e. The minimum atomic E-state index is 0.505. The summed E-state index contributed by atoms with van der Waals surface area (Å²) >= 11 is 0. The number of piperidine rings is 1. The van der Waals surface area contributed by atoms with Gasteiger partial charge in [-0.1, -0.05) is 6.92 Å². The van der Waals surface area contributed by atoms with Gasteiger partial charge in [-0.3, -0.25) is 4.99 Å². The fourth-order valence-corrected chi connectivity index (χ4v) is 3.06. The third-order valence-corrected chi connectivity index (χ3v) is 4.49. The molecule has 2 N–H and O–H groups in total. The van der Waals surface area contributed by atoms with Crippen LogP contribution in [0.15, 0.2) is 27.8 Å². The lowest BCUT2D eigenvalue weighted by Gasteiger charge is -2.33. The van der Waals surface area contributed by atoms with E-state index in [1.807, 2.05) is 12.1 Å². The van der Waals surface area contributed by atoms with Crippen molar-refractivity contribution in [1.82, 2.24) is 15.5 Å². The molecule has 1 aliphatic rings. The summed E-state index contributed by atoms with van der Waals surface area (Å²) in [4.78, 5) is 7.20. The van der Waals surface area contributed by atoms with Crippen LogP contribution >= 0.6 is 0 Å². The summed E-state index contributed by atoms with van der Waals surface area (Å²) in [6.45, 7) is 8.13. The summed E-state index contributed by atoms with van der Waals surface area (Å²) in [6, 6.07) is 4.45. The molecule has 1 aromatic rings. The molecule has 0 spiro atoms. The average Bonchev–Trinajstić information content (AvgIpc) is 3.14. The van der Waals surface area contributed by atoms with E-state index in [1.165, 1.54) is 0 Å². The van der Waals surface area contributed by atoms with Crippen molar-refractivity contribution in [3.63, 3.8) is 0 Å². The van der Waals surface area contributed by atoms with Gasteiger partial charge < -0.3 is 24.7 Å². The van der Waals surface area contributed by atoms with Gasteiger partial charge in [0.2, 0.25) is 0 Å². The van der Waals surface area contributed by atoms with Crippen LogP contribution in [0.2, 0.25) is 0 Å². The summed E-state index contributed by atoms with van der Waals surface area (Å²) in [5, 5.41) is 7.06. The Morgan fingerprint density at radius 3 is 2.92 bits per heavy atom. The van der Waals surface area contributed by atoms with Crippen LogP contribution < -0.4 is 10.6 Å². The van der Waals surface area contributed by atoms with Crippen molar-refractivity contribution in [2.45, 2.75) is 45.1 Å². The van der Waals surface area contributed by atoms with Crippen molar-refractivity contribution < 1.29 is 9.15 Å². The zero-order valence-corrected chi connectivity index (χ0v) is 15.8. The van der Waals surface area contributed by atoms with E-state index in [-0.39, 0.29) is 0 Å². The number of rotatable bonds is 10. The molecule has 0 unspecified atom stereocenters. The summed E-state index contributed by atoms with van der Waals surface area (Å²) in [5.74, 6) is 1.94. The molecule has 0 aliphatic carbocycles. The molecule has 0 aromatic carbocycles. The number of nitrogens with zero attached hydrogens (tertiary/aromatic N) is 2. The van der Waals surface area contributed by atoms with Crippen LogP contribution in [-0.4, -0.2) is 63.3 Å². The zero-order chi connectivity index (χ0) is 17.7. The minimum Gasteiger partial charge on any atom is -0.469 e. The molecule has 2 heterocycles. The van der Waals surface area contributed by atoms with Gasteiger partial charge in [-0.15, -0.1) is 0 Å². The highest BCUT2D eigenvalue weighted by Gasteiger charge is 2.19. The molecule has 0 radical (unpaired) electrons. The van der Waals surface area contributed by atoms with Gasteiger partial charge in [0.15, 0.2) is 5.96 Å². The fourth-order valence-electron chi connectivity index (χ4n) is 3.06. The van der Waals surface area contributed by atoms with E-state index >= 15 is 0 Å². The number of aliphatic imine (C=N–C) groups is 1. The Kier molecular flexibility index (Phi) is 9.44. The molecule has 0 saturated carbocycles. The highest BCUT2D eigenvalue weighted by atomic mass is 16.5. The van der Waals surface area contributed by atoms with Gasteiger partial charge in [0.25, 0.3) is 0 Å². The average molecular weight is 351 g/mol. The minimum absolute atomic E-state index is 0.505. The van der Waals surface area contributed by atoms with Crippen LogP contribution in [0.25, 0.3) is 0 Å². The highest BCUT2D eigenvalue weighted by Crippen LogP contribution is 2.10. The number of hydrogen-bond acceptors (Lipinski definition) is 4. The first-order valence-corrected chi connectivity index (χ1v) is 9.60. The molecule has 6 heteroatoms. The molecule has 1 aromatic heterocycles. The SMILES string of the molecule is CCCN=C(NCCc1ccco1)NC1CCN(CCCOC)CC1. The third-order valence-electron chi connectivity index (χ3n) is 4.49. The molecule has 1 aliphatic heterocycles. The smallest absolute Gasteiger partial charge is 0.191 e. The van der Waals surface area contributed by atoms with E-state index in [0.29, 0.717) is 6.04 Å². The molecular formula is C19H34N4O2. The number of hydrogen-bond donors (Lipinski definition) is 2. The van der Waals surface area contributed by atoms with Crippen LogP contribution in [0.3, 0.4) is 0 Å². The van der Waals surface area contributed by atoms with E-state index in [2.05, 4.69) is 27.4 Å².